The minimum Gasteiger partial charge on any atom is -0.422 e. The van der Waals surface area contributed by atoms with Crippen molar-refractivity contribution in [3.05, 3.63) is 150 Å². The quantitative estimate of drug-likeness (QED) is 0.174. The topological polar surface area (TPSA) is 35.1 Å². The molecule has 8 aromatic rings. The largest absolute Gasteiger partial charge is 0.422 e. The van der Waals surface area contributed by atoms with E-state index in [2.05, 4.69) is 102 Å². The summed E-state index contributed by atoms with van der Waals surface area (Å²) in [6.07, 6.45) is 0. The monoisotopic (exact) mass is 513 g/mol. The molecule has 3 heteroatoms. The van der Waals surface area contributed by atoms with Crippen molar-refractivity contribution in [1.82, 2.24) is 4.57 Å². The first-order valence-electron chi connectivity index (χ1n) is 13.4. The lowest BCUT2D eigenvalue weighted by Crippen LogP contribution is -2.00. The van der Waals surface area contributed by atoms with E-state index in [1.165, 1.54) is 0 Å². The van der Waals surface area contributed by atoms with E-state index in [4.69, 9.17) is 4.42 Å². The summed E-state index contributed by atoms with van der Waals surface area (Å²) in [6.45, 7) is 0. The van der Waals surface area contributed by atoms with Crippen LogP contribution in [0.3, 0.4) is 0 Å². The van der Waals surface area contributed by atoms with Crippen molar-refractivity contribution in [2.45, 2.75) is 0 Å². The van der Waals surface area contributed by atoms with E-state index in [0.717, 1.165) is 60.5 Å². The van der Waals surface area contributed by atoms with Gasteiger partial charge < -0.3 is 8.98 Å². The van der Waals surface area contributed by atoms with Crippen molar-refractivity contribution in [2.24, 2.45) is 0 Å². The van der Waals surface area contributed by atoms with Crippen LogP contribution in [-0.2, 0) is 0 Å². The molecule has 0 saturated carbocycles. The third-order valence-corrected chi connectivity index (χ3v) is 7.80. The molecular weight excluding hydrogens is 490 g/mol. The fraction of sp³-hybridized carbons (Fsp3) is 0. The van der Waals surface area contributed by atoms with E-state index in [0.29, 0.717) is 11.0 Å². The Labute approximate surface area is 230 Å². The van der Waals surface area contributed by atoms with Crippen molar-refractivity contribution in [3.63, 3.8) is 0 Å². The molecule has 0 atom stereocenters. The van der Waals surface area contributed by atoms with Gasteiger partial charge in [-0.05, 0) is 64.0 Å². The average Bonchev–Trinajstić information content (AvgIpc) is 3.34. The molecule has 0 bridgehead atoms. The maximum Gasteiger partial charge on any atom is 0.344 e. The summed E-state index contributed by atoms with van der Waals surface area (Å²) in [4.78, 5) is 12.9. The average molecular weight is 514 g/mol. The summed E-state index contributed by atoms with van der Waals surface area (Å²) in [5.74, 6) is 0. The van der Waals surface area contributed by atoms with Crippen LogP contribution in [0.4, 0.5) is 0 Å². The van der Waals surface area contributed by atoms with Gasteiger partial charge in [0.25, 0.3) is 0 Å². The number of hydrogen-bond acceptors (Lipinski definition) is 2. The van der Waals surface area contributed by atoms with Crippen LogP contribution in [0.2, 0.25) is 0 Å². The molecule has 2 heterocycles. The zero-order valence-corrected chi connectivity index (χ0v) is 21.5. The van der Waals surface area contributed by atoms with E-state index >= 15 is 0 Å². The standard InChI is InChI=1S/C37H23NO2/c39-37-31-17-8-7-15-29(31)33-22-32-30-16-9-10-18-34(30)38(35(32)23-36(33)40-37)28-20-26(24-11-3-1-4-12-24)19-27(21-28)25-13-5-2-6-14-25/h1-23H. The molecule has 0 fully saturated rings. The Morgan fingerprint density at radius 3 is 1.68 bits per heavy atom. The van der Waals surface area contributed by atoms with Gasteiger partial charge in [-0.15, -0.1) is 0 Å². The molecule has 0 aliphatic carbocycles. The van der Waals surface area contributed by atoms with Gasteiger partial charge in [0.05, 0.1) is 16.4 Å². The second-order valence-corrected chi connectivity index (χ2v) is 10.2. The number of nitrogens with zero attached hydrogens (tertiary/aromatic N) is 1. The highest BCUT2D eigenvalue weighted by Crippen LogP contribution is 2.38. The minimum atomic E-state index is -0.317. The van der Waals surface area contributed by atoms with Crippen LogP contribution in [0.5, 0.6) is 0 Å². The second-order valence-electron chi connectivity index (χ2n) is 10.2. The number of para-hydroxylation sites is 1. The summed E-state index contributed by atoms with van der Waals surface area (Å²) < 4.78 is 8.18. The number of aromatic nitrogens is 1. The molecule has 0 amide bonds. The highest BCUT2D eigenvalue weighted by Gasteiger charge is 2.17. The lowest BCUT2D eigenvalue weighted by molar-refractivity contribution is 0.570. The Morgan fingerprint density at radius 2 is 1.00 bits per heavy atom. The number of rotatable bonds is 3. The third-order valence-electron chi connectivity index (χ3n) is 7.80. The Bertz CT molecular complexity index is 2220. The number of fused-ring (bicyclic) bond motifs is 6. The summed E-state index contributed by atoms with van der Waals surface area (Å²) in [6, 6.07) is 48.0. The fourth-order valence-corrected chi connectivity index (χ4v) is 5.95. The van der Waals surface area contributed by atoms with Crippen molar-refractivity contribution < 1.29 is 4.42 Å². The van der Waals surface area contributed by atoms with E-state index in [1.807, 2.05) is 42.5 Å². The van der Waals surface area contributed by atoms with Crippen molar-refractivity contribution in [2.75, 3.05) is 0 Å². The number of hydrogen-bond donors (Lipinski definition) is 0. The van der Waals surface area contributed by atoms with Crippen LogP contribution in [-0.4, -0.2) is 4.57 Å². The maximum absolute atomic E-state index is 12.9. The minimum absolute atomic E-state index is 0.317. The molecule has 188 valence electrons. The molecule has 0 N–H and O–H groups in total. The van der Waals surface area contributed by atoms with Crippen LogP contribution in [0, 0.1) is 0 Å². The number of benzene rings is 6. The van der Waals surface area contributed by atoms with Crippen LogP contribution in [0.15, 0.2) is 149 Å². The molecular formula is C37H23NO2. The van der Waals surface area contributed by atoms with Gasteiger partial charge in [-0.3, -0.25) is 0 Å². The molecule has 0 unspecified atom stereocenters. The Balaban J connectivity index is 1.49. The molecule has 40 heavy (non-hydrogen) atoms. The molecule has 0 aliphatic rings. The van der Waals surface area contributed by atoms with Gasteiger partial charge in [0.15, 0.2) is 0 Å². The van der Waals surface area contributed by atoms with E-state index in [1.54, 1.807) is 0 Å². The first-order chi connectivity index (χ1) is 19.7. The molecule has 8 rings (SSSR count). The molecule has 6 aromatic carbocycles. The van der Waals surface area contributed by atoms with Crippen LogP contribution in [0.1, 0.15) is 0 Å². The maximum atomic E-state index is 12.9. The fourth-order valence-electron chi connectivity index (χ4n) is 5.95. The summed E-state index contributed by atoms with van der Waals surface area (Å²) in [7, 11) is 0. The summed E-state index contributed by atoms with van der Waals surface area (Å²) in [5.41, 5.74) is 8.01. The van der Waals surface area contributed by atoms with E-state index in [9.17, 15) is 4.79 Å². The van der Waals surface area contributed by atoms with Crippen molar-refractivity contribution in [1.29, 1.82) is 0 Å². The van der Waals surface area contributed by atoms with Crippen LogP contribution < -0.4 is 5.63 Å². The smallest absolute Gasteiger partial charge is 0.344 e. The van der Waals surface area contributed by atoms with Gasteiger partial charge in [0, 0.05) is 27.9 Å². The highest BCUT2D eigenvalue weighted by atomic mass is 16.4. The summed E-state index contributed by atoms with van der Waals surface area (Å²) >= 11 is 0. The van der Waals surface area contributed by atoms with Gasteiger partial charge in [-0.25, -0.2) is 4.79 Å². The van der Waals surface area contributed by atoms with Crippen LogP contribution >= 0.6 is 0 Å². The van der Waals surface area contributed by atoms with Gasteiger partial charge in [0.2, 0.25) is 0 Å². The lowest BCUT2D eigenvalue weighted by atomic mass is 9.98. The predicted molar refractivity (Wildman–Crippen MR) is 165 cm³/mol. The van der Waals surface area contributed by atoms with E-state index < -0.39 is 0 Å². The Hall–Kier alpha value is -5.41. The van der Waals surface area contributed by atoms with Crippen LogP contribution in [0.25, 0.3) is 71.5 Å². The molecule has 2 aromatic heterocycles. The van der Waals surface area contributed by atoms with Crippen molar-refractivity contribution >= 4 is 43.5 Å². The molecule has 3 nitrogen and oxygen atoms in total. The van der Waals surface area contributed by atoms with Gasteiger partial charge in [0.1, 0.15) is 5.58 Å². The summed E-state index contributed by atoms with van der Waals surface area (Å²) in [5, 5.41) is 4.72. The Kier molecular flexibility index (Phi) is 4.98. The third kappa shape index (κ3) is 3.49. The highest BCUT2D eigenvalue weighted by molar-refractivity contribution is 6.17. The normalized spacial score (nSPS) is 11.6. The van der Waals surface area contributed by atoms with Gasteiger partial charge in [-0.2, -0.15) is 0 Å². The Morgan fingerprint density at radius 1 is 0.425 bits per heavy atom. The molecule has 0 aliphatic heterocycles. The first kappa shape index (κ1) is 22.6. The molecule has 0 radical (unpaired) electrons. The zero-order chi connectivity index (χ0) is 26.6. The zero-order valence-electron chi connectivity index (χ0n) is 21.5. The SMILES string of the molecule is O=c1oc2cc3c(cc2c2ccccc12)c1ccccc1n3-c1cc(-c2ccccc2)cc(-c2ccccc2)c1. The lowest BCUT2D eigenvalue weighted by Gasteiger charge is -2.14. The molecule has 0 saturated heterocycles. The predicted octanol–water partition coefficient (Wildman–Crippen LogP) is 9.38. The second kappa shape index (κ2) is 8.82. The first-order valence-corrected chi connectivity index (χ1v) is 13.4. The van der Waals surface area contributed by atoms with Crippen molar-refractivity contribution in [3.8, 4) is 27.9 Å². The van der Waals surface area contributed by atoms with E-state index in [-0.39, 0.29) is 5.63 Å². The molecule has 0 spiro atoms. The van der Waals surface area contributed by atoms with Gasteiger partial charge in [-0.1, -0.05) is 97.1 Å². The van der Waals surface area contributed by atoms with Gasteiger partial charge >= 0.3 is 5.63 Å².